The van der Waals surface area contributed by atoms with Crippen LogP contribution in [0.4, 0.5) is 0 Å². The zero-order chi connectivity index (χ0) is 64.2. The maximum Gasteiger partial charge on any atom is 0.472 e. The van der Waals surface area contributed by atoms with E-state index in [0.29, 0.717) is 31.6 Å². The van der Waals surface area contributed by atoms with Crippen molar-refractivity contribution in [3.63, 3.8) is 0 Å². The summed E-state index contributed by atoms with van der Waals surface area (Å²) in [6.07, 6.45) is 47.4. The van der Waals surface area contributed by atoms with E-state index < -0.39 is 97.5 Å². The van der Waals surface area contributed by atoms with E-state index in [1.807, 2.05) is 0 Å². The molecule has 0 fully saturated rings. The molecule has 0 amide bonds. The molecule has 0 radical (unpaired) electrons. The van der Waals surface area contributed by atoms with Crippen molar-refractivity contribution in [3.05, 3.63) is 0 Å². The molecule has 0 aliphatic heterocycles. The van der Waals surface area contributed by atoms with Crippen LogP contribution in [0.25, 0.3) is 0 Å². The van der Waals surface area contributed by atoms with Crippen LogP contribution in [0, 0.1) is 5.92 Å². The van der Waals surface area contributed by atoms with Gasteiger partial charge < -0.3 is 33.8 Å². The van der Waals surface area contributed by atoms with Crippen LogP contribution in [0.5, 0.6) is 0 Å². The Hall–Kier alpha value is -1.94. The highest BCUT2D eigenvalue weighted by atomic mass is 31.2. The predicted molar refractivity (Wildman–Crippen MR) is 349 cm³/mol. The largest absolute Gasteiger partial charge is 0.472 e. The lowest BCUT2D eigenvalue weighted by Gasteiger charge is -2.21. The first kappa shape index (κ1) is 85.1. The van der Waals surface area contributed by atoms with Gasteiger partial charge in [-0.25, -0.2) is 9.13 Å². The molecule has 0 aliphatic rings. The molecule has 87 heavy (non-hydrogen) atoms. The van der Waals surface area contributed by atoms with Crippen LogP contribution >= 0.6 is 15.6 Å². The molecule has 516 valence electrons. The molecule has 0 aromatic heterocycles. The van der Waals surface area contributed by atoms with Gasteiger partial charge in [0.2, 0.25) is 0 Å². The third kappa shape index (κ3) is 62.6. The molecule has 0 aromatic carbocycles. The number of carbonyl (C=O) groups excluding carboxylic acids is 4. The highest BCUT2D eigenvalue weighted by Crippen LogP contribution is 2.45. The summed E-state index contributed by atoms with van der Waals surface area (Å²) in [7, 11) is -9.89. The lowest BCUT2D eigenvalue weighted by Crippen LogP contribution is -2.30. The molecule has 0 bridgehead atoms. The number of carbonyl (C=O) groups is 4. The highest BCUT2D eigenvalue weighted by molar-refractivity contribution is 7.47. The van der Waals surface area contributed by atoms with Gasteiger partial charge in [-0.1, -0.05) is 298 Å². The van der Waals surface area contributed by atoms with Crippen molar-refractivity contribution in [1.82, 2.24) is 0 Å². The zero-order valence-corrected chi connectivity index (χ0v) is 57.9. The van der Waals surface area contributed by atoms with Crippen LogP contribution in [-0.4, -0.2) is 96.7 Å². The highest BCUT2D eigenvalue weighted by Gasteiger charge is 2.30. The Morgan fingerprint density at radius 3 is 0.782 bits per heavy atom. The van der Waals surface area contributed by atoms with Crippen molar-refractivity contribution >= 4 is 39.5 Å². The van der Waals surface area contributed by atoms with E-state index in [1.165, 1.54) is 167 Å². The fraction of sp³-hybridized carbons (Fsp3) is 0.941. The first-order valence-corrected chi connectivity index (χ1v) is 38.6. The summed E-state index contributed by atoms with van der Waals surface area (Å²) < 4.78 is 68.1. The van der Waals surface area contributed by atoms with Crippen LogP contribution in [-0.2, 0) is 65.4 Å². The van der Waals surface area contributed by atoms with Gasteiger partial charge in [-0.3, -0.25) is 37.3 Å². The predicted octanol–water partition coefficient (Wildman–Crippen LogP) is 19.4. The molecule has 17 nitrogen and oxygen atoms in total. The Kier molecular flexibility index (Phi) is 60.2. The summed E-state index contributed by atoms with van der Waals surface area (Å²) in [5, 5.41) is 10.6. The van der Waals surface area contributed by atoms with Gasteiger partial charge in [0.1, 0.15) is 19.3 Å². The van der Waals surface area contributed by atoms with Gasteiger partial charge in [-0.15, -0.1) is 0 Å². The Morgan fingerprint density at radius 2 is 0.529 bits per heavy atom. The van der Waals surface area contributed by atoms with Crippen molar-refractivity contribution in [2.75, 3.05) is 39.6 Å². The van der Waals surface area contributed by atoms with E-state index in [1.54, 1.807) is 0 Å². The lowest BCUT2D eigenvalue weighted by atomic mass is 10.0. The van der Waals surface area contributed by atoms with E-state index in [4.69, 9.17) is 37.0 Å². The number of phosphoric ester groups is 2. The van der Waals surface area contributed by atoms with Crippen LogP contribution in [0.1, 0.15) is 349 Å². The quantitative estimate of drug-likeness (QED) is 0.0222. The number of aliphatic hydroxyl groups excluding tert-OH is 1. The first-order chi connectivity index (χ1) is 42.0. The average Bonchev–Trinajstić information content (AvgIpc) is 3.59. The minimum absolute atomic E-state index is 0.102. The van der Waals surface area contributed by atoms with E-state index in [-0.39, 0.29) is 25.7 Å². The standard InChI is InChI=1S/C68H132O17P2/c1-6-9-12-15-18-21-23-25-26-27-28-30-32-34-37-43-48-53-67(72)84-63(57-79-66(71)52-47-42-36-33-31-29-24-22-19-16-13-10-7-2)59-82-86(74,75)80-55-62(69)56-81-87(76,77)83-60-64(58-78-65(70)51-46-41-35-20-17-14-11-8-3)85-68(73)54-49-44-39-38-40-45-50-61(4)5/h61-64,69H,6-60H2,1-5H3,(H,74,75)(H,76,77)/t62-,63-,64-/m1/s1. The lowest BCUT2D eigenvalue weighted by molar-refractivity contribution is -0.161. The summed E-state index contributed by atoms with van der Waals surface area (Å²) in [6.45, 7) is 7.11. The number of aliphatic hydroxyl groups is 1. The van der Waals surface area contributed by atoms with Crippen molar-refractivity contribution in [2.24, 2.45) is 5.92 Å². The van der Waals surface area contributed by atoms with E-state index >= 15 is 0 Å². The van der Waals surface area contributed by atoms with E-state index in [0.717, 1.165) is 96.3 Å². The van der Waals surface area contributed by atoms with Crippen LogP contribution in [0.3, 0.4) is 0 Å². The molecular formula is C68H132O17P2. The van der Waals surface area contributed by atoms with Crippen molar-refractivity contribution in [1.29, 1.82) is 0 Å². The number of hydrogen-bond acceptors (Lipinski definition) is 15. The van der Waals surface area contributed by atoms with Crippen molar-refractivity contribution in [2.45, 2.75) is 368 Å². The van der Waals surface area contributed by atoms with E-state index in [9.17, 15) is 43.2 Å². The maximum atomic E-state index is 13.0. The Morgan fingerprint density at radius 1 is 0.310 bits per heavy atom. The molecule has 5 atom stereocenters. The molecule has 0 aromatic rings. The average molecular weight is 1280 g/mol. The van der Waals surface area contributed by atoms with Crippen molar-refractivity contribution in [3.8, 4) is 0 Å². The van der Waals surface area contributed by atoms with Gasteiger partial charge in [0.05, 0.1) is 26.4 Å². The number of esters is 4. The molecule has 0 aliphatic carbocycles. The van der Waals surface area contributed by atoms with Gasteiger partial charge in [0.25, 0.3) is 0 Å². The third-order valence-corrected chi connectivity index (χ3v) is 17.7. The Bertz CT molecular complexity index is 1690. The SMILES string of the molecule is CCCCCCCCCCCCCCCCCCCC(=O)O[C@H](COC(=O)CCCCCCCCCCCCCCC)COP(=O)(O)OC[C@@H](O)COP(=O)(O)OC[C@@H](COC(=O)CCCCCCCCCC)OC(=O)CCCCCCCCC(C)C. The molecule has 0 heterocycles. The molecule has 19 heteroatoms. The topological polar surface area (TPSA) is 237 Å². The molecule has 0 rings (SSSR count). The van der Waals surface area contributed by atoms with Crippen molar-refractivity contribution < 1.29 is 80.2 Å². The fourth-order valence-electron chi connectivity index (χ4n) is 10.3. The molecule has 0 spiro atoms. The summed E-state index contributed by atoms with van der Waals surface area (Å²) in [6, 6.07) is 0. The minimum Gasteiger partial charge on any atom is -0.462 e. The second-order valence-corrected chi connectivity index (χ2v) is 27.9. The molecular weight excluding hydrogens is 1150 g/mol. The second kappa shape index (κ2) is 61.6. The number of hydrogen-bond donors (Lipinski definition) is 3. The molecule has 0 saturated carbocycles. The van der Waals surface area contributed by atoms with Gasteiger partial charge in [0.15, 0.2) is 12.2 Å². The van der Waals surface area contributed by atoms with Crippen LogP contribution in [0.2, 0.25) is 0 Å². The maximum absolute atomic E-state index is 13.0. The summed E-state index contributed by atoms with van der Waals surface area (Å²) in [4.78, 5) is 72.3. The molecule has 0 saturated heterocycles. The normalized spacial score (nSPS) is 14.1. The fourth-order valence-corrected chi connectivity index (χ4v) is 11.9. The monoisotopic (exact) mass is 1280 g/mol. The third-order valence-electron chi connectivity index (χ3n) is 15.8. The summed E-state index contributed by atoms with van der Waals surface area (Å²) >= 11 is 0. The second-order valence-electron chi connectivity index (χ2n) is 25.0. The summed E-state index contributed by atoms with van der Waals surface area (Å²) in [5.41, 5.74) is 0. The van der Waals surface area contributed by atoms with Gasteiger partial charge >= 0.3 is 39.5 Å². The zero-order valence-electron chi connectivity index (χ0n) is 56.2. The molecule has 3 N–H and O–H groups in total. The number of unbranched alkanes of at least 4 members (excludes halogenated alkanes) is 40. The van der Waals surface area contributed by atoms with Gasteiger partial charge in [-0.2, -0.15) is 0 Å². The number of rotatable bonds is 68. The summed E-state index contributed by atoms with van der Waals surface area (Å²) in [5.74, 6) is -1.46. The Balaban J connectivity index is 5.20. The smallest absolute Gasteiger partial charge is 0.462 e. The number of phosphoric acid groups is 2. The van der Waals surface area contributed by atoms with Crippen LogP contribution < -0.4 is 0 Å². The van der Waals surface area contributed by atoms with Crippen LogP contribution in [0.15, 0.2) is 0 Å². The number of ether oxygens (including phenoxy) is 4. The first-order valence-electron chi connectivity index (χ1n) is 35.6. The minimum atomic E-state index is -4.95. The van der Waals surface area contributed by atoms with Gasteiger partial charge in [-0.05, 0) is 31.6 Å². The van der Waals surface area contributed by atoms with Gasteiger partial charge in [0, 0.05) is 25.7 Å². The van der Waals surface area contributed by atoms with E-state index in [2.05, 4.69) is 34.6 Å². The Labute approximate surface area is 530 Å². The molecule has 2 unspecified atom stereocenters.